The summed E-state index contributed by atoms with van der Waals surface area (Å²) in [5.74, 6) is -0.753. The van der Waals surface area contributed by atoms with Crippen LogP contribution in [0.15, 0.2) is 53.1 Å². The Bertz CT molecular complexity index is 902. The number of halogens is 3. The van der Waals surface area contributed by atoms with Crippen molar-refractivity contribution >= 4 is 5.97 Å². The molecule has 2 aromatic carbocycles. The zero-order valence-corrected chi connectivity index (χ0v) is 12.6. The van der Waals surface area contributed by atoms with Crippen LogP contribution in [0.2, 0.25) is 0 Å². The fourth-order valence-electron chi connectivity index (χ4n) is 2.22. The third kappa shape index (κ3) is 3.85. The number of benzene rings is 2. The molecule has 0 aliphatic rings. The predicted octanol–water partition coefficient (Wildman–Crippen LogP) is 4.04. The van der Waals surface area contributed by atoms with E-state index < -0.39 is 17.7 Å². The number of carboxylic acids is 1. The summed E-state index contributed by atoms with van der Waals surface area (Å²) in [6.07, 6.45) is -4.19. The van der Waals surface area contributed by atoms with Crippen LogP contribution in [-0.2, 0) is 12.6 Å². The zero-order valence-electron chi connectivity index (χ0n) is 12.6. The molecular weight excluding hydrogens is 337 g/mol. The van der Waals surface area contributed by atoms with Gasteiger partial charge < -0.3 is 9.63 Å². The molecule has 0 atom stereocenters. The summed E-state index contributed by atoms with van der Waals surface area (Å²) in [5, 5.41) is 12.6. The van der Waals surface area contributed by atoms with Crippen LogP contribution < -0.4 is 0 Å². The van der Waals surface area contributed by atoms with E-state index >= 15 is 0 Å². The van der Waals surface area contributed by atoms with Gasteiger partial charge in [-0.2, -0.15) is 18.2 Å². The number of hydrogen-bond donors (Lipinski definition) is 1. The van der Waals surface area contributed by atoms with E-state index in [-0.39, 0.29) is 29.3 Å². The molecule has 5 nitrogen and oxygen atoms in total. The van der Waals surface area contributed by atoms with Crippen LogP contribution >= 0.6 is 0 Å². The number of carboxylic acid groups (broad SMARTS) is 1. The van der Waals surface area contributed by atoms with E-state index in [0.29, 0.717) is 0 Å². The smallest absolute Gasteiger partial charge is 0.416 e. The summed E-state index contributed by atoms with van der Waals surface area (Å²) in [4.78, 5) is 14.9. The molecule has 0 saturated carbocycles. The lowest BCUT2D eigenvalue weighted by molar-refractivity contribution is -0.137. The first-order valence-corrected chi connectivity index (χ1v) is 7.15. The van der Waals surface area contributed by atoms with Gasteiger partial charge in [-0.15, -0.1) is 0 Å². The molecule has 1 aromatic heterocycles. The average molecular weight is 348 g/mol. The quantitative estimate of drug-likeness (QED) is 0.770. The molecule has 128 valence electrons. The summed E-state index contributed by atoms with van der Waals surface area (Å²) in [6.45, 7) is 0. The van der Waals surface area contributed by atoms with Gasteiger partial charge in [-0.1, -0.05) is 23.4 Å². The summed E-state index contributed by atoms with van der Waals surface area (Å²) in [5.41, 5.74) is 0.284. The molecule has 25 heavy (non-hydrogen) atoms. The van der Waals surface area contributed by atoms with Gasteiger partial charge in [-0.3, -0.25) is 0 Å². The van der Waals surface area contributed by atoms with Crippen LogP contribution in [0.25, 0.3) is 11.5 Å². The van der Waals surface area contributed by atoms with Crippen LogP contribution in [0.5, 0.6) is 0 Å². The number of rotatable bonds is 4. The molecule has 0 bridgehead atoms. The molecule has 0 fully saturated rings. The second-order valence-corrected chi connectivity index (χ2v) is 5.27. The maximum Gasteiger partial charge on any atom is 0.416 e. The Balaban J connectivity index is 1.80. The summed E-state index contributed by atoms with van der Waals surface area (Å²) < 4.78 is 43.3. The van der Waals surface area contributed by atoms with Crippen molar-refractivity contribution in [3.05, 3.63) is 71.0 Å². The number of aromatic carboxylic acids is 1. The predicted molar refractivity (Wildman–Crippen MR) is 80.9 cm³/mol. The Kier molecular flexibility index (Phi) is 4.26. The van der Waals surface area contributed by atoms with Crippen LogP contribution in [-0.4, -0.2) is 21.2 Å². The van der Waals surface area contributed by atoms with Crippen molar-refractivity contribution in [3.8, 4) is 11.5 Å². The highest BCUT2D eigenvalue weighted by Crippen LogP contribution is 2.31. The van der Waals surface area contributed by atoms with Gasteiger partial charge in [0, 0.05) is 12.0 Å². The van der Waals surface area contributed by atoms with Crippen LogP contribution in [0.3, 0.4) is 0 Å². The first-order chi connectivity index (χ1) is 11.8. The third-order valence-corrected chi connectivity index (χ3v) is 3.47. The van der Waals surface area contributed by atoms with E-state index in [9.17, 15) is 18.0 Å². The van der Waals surface area contributed by atoms with Crippen molar-refractivity contribution in [2.24, 2.45) is 0 Å². The van der Waals surface area contributed by atoms with E-state index in [4.69, 9.17) is 9.63 Å². The van der Waals surface area contributed by atoms with E-state index in [0.717, 1.165) is 17.7 Å². The highest BCUT2D eigenvalue weighted by Gasteiger charge is 2.30. The van der Waals surface area contributed by atoms with Crippen molar-refractivity contribution in [1.29, 1.82) is 0 Å². The first-order valence-electron chi connectivity index (χ1n) is 7.15. The third-order valence-electron chi connectivity index (χ3n) is 3.47. The Morgan fingerprint density at radius 2 is 1.84 bits per heavy atom. The van der Waals surface area contributed by atoms with Crippen molar-refractivity contribution in [2.45, 2.75) is 12.6 Å². The lowest BCUT2D eigenvalue weighted by Crippen LogP contribution is -2.04. The van der Waals surface area contributed by atoms with Gasteiger partial charge in [0.2, 0.25) is 0 Å². The number of hydrogen-bond acceptors (Lipinski definition) is 4. The van der Waals surface area contributed by atoms with Crippen molar-refractivity contribution in [2.75, 3.05) is 0 Å². The van der Waals surface area contributed by atoms with Crippen LogP contribution in [0, 0.1) is 0 Å². The van der Waals surface area contributed by atoms with Gasteiger partial charge in [0.1, 0.15) is 0 Å². The molecule has 1 N–H and O–H groups in total. The van der Waals surface area contributed by atoms with Gasteiger partial charge >= 0.3 is 12.1 Å². The molecule has 0 unspecified atom stereocenters. The number of nitrogens with zero attached hydrogens (tertiary/aromatic N) is 2. The lowest BCUT2D eigenvalue weighted by Gasteiger charge is -2.06. The van der Waals surface area contributed by atoms with E-state index in [1.165, 1.54) is 24.3 Å². The molecular formula is C17H11F3N2O3. The highest BCUT2D eigenvalue weighted by atomic mass is 19.4. The maximum absolute atomic E-state index is 12.8. The number of aromatic nitrogens is 2. The Morgan fingerprint density at radius 3 is 2.48 bits per heavy atom. The topological polar surface area (TPSA) is 76.2 Å². The van der Waals surface area contributed by atoms with E-state index in [1.807, 2.05) is 0 Å². The number of carbonyl (C=O) groups is 1. The normalized spacial score (nSPS) is 11.5. The molecule has 0 amide bonds. The molecule has 3 aromatic rings. The van der Waals surface area contributed by atoms with Crippen molar-refractivity contribution in [3.63, 3.8) is 0 Å². The number of alkyl halides is 3. The van der Waals surface area contributed by atoms with Crippen LogP contribution in [0.4, 0.5) is 13.2 Å². The maximum atomic E-state index is 12.8. The lowest BCUT2D eigenvalue weighted by atomic mass is 10.1. The fraction of sp³-hybridized carbons (Fsp3) is 0.118. The summed E-state index contributed by atoms with van der Waals surface area (Å²) in [6, 6.07) is 10.8. The van der Waals surface area contributed by atoms with Gasteiger partial charge in [-0.25, -0.2) is 4.79 Å². The molecule has 1 heterocycles. The standard InChI is InChI=1S/C17H11F3N2O3/c18-17(19,20)13-3-1-2-12(9-13)15-21-14(22-25-15)8-10-4-6-11(7-5-10)16(23)24/h1-7,9H,8H2,(H,23,24). The van der Waals surface area contributed by atoms with Gasteiger partial charge in [0.15, 0.2) is 5.82 Å². The van der Waals surface area contributed by atoms with Crippen molar-refractivity contribution < 1.29 is 27.6 Å². The molecule has 0 aliphatic heterocycles. The minimum absolute atomic E-state index is 0.0109. The minimum Gasteiger partial charge on any atom is -0.478 e. The second kappa shape index (κ2) is 6.39. The van der Waals surface area contributed by atoms with E-state index in [2.05, 4.69) is 10.1 Å². The molecule has 0 radical (unpaired) electrons. The molecule has 0 saturated heterocycles. The van der Waals surface area contributed by atoms with Crippen molar-refractivity contribution in [1.82, 2.24) is 10.1 Å². The van der Waals surface area contributed by atoms with Gasteiger partial charge in [0.05, 0.1) is 11.1 Å². The summed E-state index contributed by atoms with van der Waals surface area (Å²) in [7, 11) is 0. The Morgan fingerprint density at radius 1 is 1.12 bits per heavy atom. The van der Waals surface area contributed by atoms with E-state index in [1.54, 1.807) is 12.1 Å². The SMILES string of the molecule is O=C(O)c1ccc(Cc2noc(-c3cccc(C(F)(F)F)c3)n2)cc1. The first kappa shape index (κ1) is 16.7. The monoisotopic (exact) mass is 348 g/mol. The Hall–Kier alpha value is -3.16. The van der Waals surface area contributed by atoms with Gasteiger partial charge in [0.25, 0.3) is 5.89 Å². The molecule has 0 aliphatic carbocycles. The fourth-order valence-corrected chi connectivity index (χ4v) is 2.22. The molecule has 3 rings (SSSR count). The largest absolute Gasteiger partial charge is 0.478 e. The second-order valence-electron chi connectivity index (χ2n) is 5.27. The minimum atomic E-state index is -4.45. The zero-order chi connectivity index (χ0) is 18.0. The summed E-state index contributed by atoms with van der Waals surface area (Å²) >= 11 is 0. The van der Waals surface area contributed by atoms with Crippen LogP contribution in [0.1, 0.15) is 27.3 Å². The highest BCUT2D eigenvalue weighted by molar-refractivity contribution is 5.87. The Labute approximate surface area is 139 Å². The molecule has 0 spiro atoms. The van der Waals surface area contributed by atoms with Gasteiger partial charge in [-0.05, 0) is 35.9 Å². The molecule has 8 heteroatoms. The average Bonchev–Trinajstić information content (AvgIpc) is 3.03.